The first-order valence-corrected chi connectivity index (χ1v) is 5.18. The van der Waals surface area contributed by atoms with Crippen molar-refractivity contribution in [3.63, 3.8) is 0 Å². The van der Waals surface area contributed by atoms with Gasteiger partial charge in [-0.2, -0.15) is 0 Å². The van der Waals surface area contributed by atoms with Gasteiger partial charge in [-0.1, -0.05) is 0 Å². The van der Waals surface area contributed by atoms with Gasteiger partial charge < -0.3 is 10.2 Å². The van der Waals surface area contributed by atoms with Crippen molar-refractivity contribution >= 4 is 21.9 Å². The molecule has 0 bridgehead atoms. The molecule has 0 unspecified atom stereocenters. The number of rotatable bonds is 2. The topological polar surface area (TPSA) is 57.5 Å². The normalized spacial score (nSPS) is 17.5. The second kappa shape index (κ2) is 3.20. The van der Waals surface area contributed by atoms with Crippen LogP contribution in [0, 0.1) is 5.82 Å². The van der Waals surface area contributed by atoms with E-state index in [2.05, 4.69) is 15.9 Å². The molecule has 2 rings (SSSR count). The van der Waals surface area contributed by atoms with Crippen LogP contribution in [-0.4, -0.2) is 16.2 Å². The van der Waals surface area contributed by atoms with Gasteiger partial charge in [0.25, 0.3) is 0 Å². The molecule has 0 spiro atoms. The second-order valence-corrected chi connectivity index (χ2v) is 4.53. The highest BCUT2D eigenvalue weighted by atomic mass is 79.9. The molecule has 0 radical (unpaired) electrons. The molecule has 80 valence electrons. The van der Waals surface area contributed by atoms with E-state index in [1.54, 1.807) is 0 Å². The largest absolute Gasteiger partial charge is 0.505 e. The van der Waals surface area contributed by atoms with Crippen molar-refractivity contribution in [3.05, 3.63) is 28.0 Å². The lowest BCUT2D eigenvalue weighted by atomic mass is 9.96. The Morgan fingerprint density at radius 3 is 2.47 bits per heavy atom. The lowest BCUT2D eigenvalue weighted by Crippen LogP contribution is -2.19. The van der Waals surface area contributed by atoms with Gasteiger partial charge >= 0.3 is 5.97 Å². The summed E-state index contributed by atoms with van der Waals surface area (Å²) in [5, 5.41) is 18.3. The Kier molecular flexibility index (Phi) is 2.22. The van der Waals surface area contributed by atoms with Gasteiger partial charge in [0, 0.05) is 0 Å². The molecular weight excluding hydrogens is 267 g/mol. The Morgan fingerprint density at radius 1 is 1.47 bits per heavy atom. The Hall–Kier alpha value is -1.10. The van der Waals surface area contributed by atoms with Crippen molar-refractivity contribution in [2.45, 2.75) is 18.3 Å². The first-order valence-electron chi connectivity index (χ1n) is 4.39. The molecule has 0 heterocycles. The maximum atomic E-state index is 13.1. The van der Waals surface area contributed by atoms with Gasteiger partial charge in [0.1, 0.15) is 0 Å². The molecule has 15 heavy (non-hydrogen) atoms. The molecule has 1 aromatic rings. The molecule has 0 saturated heterocycles. The van der Waals surface area contributed by atoms with Gasteiger partial charge in [-0.25, -0.2) is 4.39 Å². The molecule has 0 amide bonds. The summed E-state index contributed by atoms with van der Waals surface area (Å²) in [5.41, 5.74) is -0.478. The summed E-state index contributed by atoms with van der Waals surface area (Å²) < 4.78 is 13.2. The number of phenols is 1. The summed E-state index contributed by atoms with van der Waals surface area (Å²) in [7, 11) is 0. The van der Waals surface area contributed by atoms with Crippen molar-refractivity contribution in [1.82, 2.24) is 0 Å². The number of carboxylic acids is 1. The van der Waals surface area contributed by atoms with Crippen LogP contribution >= 0.6 is 15.9 Å². The average Bonchev–Trinajstić information content (AvgIpc) is 2.93. The number of aromatic hydroxyl groups is 1. The van der Waals surface area contributed by atoms with Gasteiger partial charge in [-0.15, -0.1) is 0 Å². The Labute approximate surface area is 93.7 Å². The van der Waals surface area contributed by atoms with Crippen LogP contribution in [0.3, 0.4) is 0 Å². The quantitative estimate of drug-likeness (QED) is 0.871. The van der Waals surface area contributed by atoms with E-state index in [0.717, 1.165) is 0 Å². The number of hydrogen-bond acceptors (Lipinski definition) is 2. The summed E-state index contributed by atoms with van der Waals surface area (Å²) >= 11 is 2.94. The zero-order chi connectivity index (χ0) is 11.2. The highest BCUT2D eigenvalue weighted by molar-refractivity contribution is 9.10. The Morgan fingerprint density at radius 2 is 2.07 bits per heavy atom. The van der Waals surface area contributed by atoms with Crippen molar-refractivity contribution in [1.29, 1.82) is 0 Å². The number of aliphatic carboxylic acids is 1. The fraction of sp³-hybridized carbons (Fsp3) is 0.300. The SMILES string of the molecule is O=C(O)C1(c2cc(O)c(F)c(Br)c2)CC1. The first-order chi connectivity index (χ1) is 6.97. The van der Waals surface area contributed by atoms with Gasteiger partial charge in [-0.3, -0.25) is 4.79 Å². The van der Waals surface area contributed by atoms with Crippen LogP contribution in [0.4, 0.5) is 4.39 Å². The van der Waals surface area contributed by atoms with Crippen molar-refractivity contribution in [3.8, 4) is 5.75 Å². The maximum Gasteiger partial charge on any atom is 0.314 e. The minimum absolute atomic E-state index is 0.0880. The van der Waals surface area contributed by atoms with E-state index < -0.39 is 23.0 Å². The Balaban J connectivity index is 2.51. The monoisotopic (exact) mass is 274 g/mol. The molecule has 5 heteroatoms. The van der Waals surface area contributed by atoms with E-state index in [-0.39, 0.29) is 4.47 Å². The van der Waals surface area contributed by atoms with Crippen molar-refractivity contribution in [2.24, 2.45) is 0 Å². The van der Waals surface area contributed by atoms with Crippen LogP contribution in [0.2, 0.25) is 0 Å². The minimum atomic E-state index is -0.930. The molecule has 1 aliphatic rings. The predicted molar refractivity (Wildman–Crippen MR) is 54.3 cm³/mol. The number of carboxylic acid groups (broad SMARTS) is 1. The zero-order valence-corrected chi connectivity index (χ0v) is 9.21. The van der Waals surface area contributed by atoms with E-state index in [9.17, 15) is 14.3 Å². The van der Waals surface area contributed by atoms with E-state index >= 15 is 0 Å². The third-order valence-corrected chi connectivity index (χ3v) is 3.30. The summed E-state index contributed by atoms with van der Waals surface area (Å²) in [6, 6.07) is 2.59. The molecule has 0 atom stereocenters. The summed E-state index contributed by atoms with van der Waals surface area (Å²) in [4.78, 5) is 11.0. The van der Waals surface area contributed by atoms with Crippen LogP contribution in [-0.2, 0) is 10.2 Å². The number of phenolic OH excluding ortho intramolecular Hbond substituents is 1. The number of benzene rings is 1. The maximum absolute atomic E-state index is 13.1. The first kappa shape index (κ1) is 10.4. The molecule has 1 saturated carbocycles. The molecule has 0 aromatic heterocycles. The number of halogens is 2. The smallest absolute Gasteiger partial charge is 0.314 e. The zero-order valence-electron chi connectivity index (χ0n) is 7.63. The van der Waals surface area contributed by atoms with E-state index in [1.165, 1.54) is 12.1 Å². The third kappa shape index (κ3) is 1.51. The predicted octanol–water partition coefficient (Wildman–Crippen LogP) is 2.41. The molecule has 3 nitrogen and oxygen atoms in total. The van der Waals surface area contributed by atoms with Crippen LogP contribution in [0.5, 0.6) is 5.75 Å². The molecule has 1 aliphatic carbocycles. The third-order valence-electron chi connectivity index (χ3n) is 2.72. The highest BCUT2D eigenvalue weighted by Crippen LogP contribution is 2.50. The summed E-state index contributed by atoms with van der Waals surface area (Å²) in [6.07, 6.45) is 1.06. The van der Waals surface area contributed by atoms with Crippen LogP contribution in [0.25, 0.3) is 0 Å². The van der Waals surface area contributed by atoms with Crippen LogP contribution in [0.15, 0.2) is 16.6 Å². The fourth-order valence-corrected chi connectivity index (χ4v) is 2.05. The van der Waals surface area contributed by atoms with Gasteiger partial charge in [-0.05, 0) is 46.5 Å². The average molecular weight is 275 g/mol. The molecule has 1 fully saturated rings. The lowest BCUT2D eigenvalue weighted by Gasteiger charge is -2.11. The Bertz CT molecular complexity index is 417. The molecular formula is C10H8BrFO3. The van der Waals surface area contributed by atoms with E-state index in [1.807, 2.05) is 0 Å². The van der Waals surface area contributed by atoms with Gasteiger partial charge in [0.05, 0.1) is 9.89 Å². The van der Waals surface area contributed by atoms with Gasteiger partial charge in [0.2, 0.25) is 0 Å². The lowest BCUT2D eigenvalue weighted by molar-refractivity contribution is -0.140. The van der Waals surface area contributed by atoms with Crippen molar-refractivity contribution in [2.75, 3.05) is 0 Å². The number of carbonyl (C=O) groups is 1. The molecule has 1 aromatic carbocycles. The standard InChI is InChI=1S/C10H8BrFO3/c11-6-3-5(4-7(13)8(6)12)10(1-2-10)9(14)15/h3-4,13H,1-2H2,(H,14,15). The van der Waals surface area contributed by atoms with E-state index in [4.69, 9.17) is 5.11 Å². The fourth-order valence-electron chi connectivity index (χ4n) is 1.60. The number of hydrogen-bond donors (Lipinski definition) is 2. The molecule has 2 N–H and O–H groups in total. The van der Waals surface area contributed by atoms with Gasteiger partial charge in [0.15, 0.2) is 11.6 Å². The second-order valence-electron chi connectivity index (χ2n) is 3.68. The van der Waals surface area contributed by atoms with E-state index in [0.29, 0.717) is 18.4 Å². The summed E-state index contributed by atoms with van der Waals surface area (Å²) in [6.45, 7) is 0. The minimum Gasteiger partial charge on any atom is -0.505 e. The molecule has 0 aliphatic heterocycles. The van der Waals surface area contributed by atoms with Crippen molar-refractivity contribution < 1.29 is 19.4 Å². The van der Waals surface area contributed by atoms with Crippen LogP contribution < -0.4 is 0 Å². The van der Waals surface area contributed by atoms with Crippen LogP contribution in [0.1, 0.15) is 18.4 Å². The summed E-state index contributed by atoms with van der Waals surface area (Å²) in [5.74, 6) is -2.22. The highest BCUT2D eigenvalue weighted by Gasteiger charge is 2.52.